The van der Waals surface area contributed by atoms with Crippen LogP contribution in [-0.2, 0) is 11.2 Å². The Balaban J connectivity index is 1.64. The van der Waals surface area contributed by atoms with Crippen LogP contribution in [0.2, 0.25) is 0 Å². The zero-order valence-electron chi connectivity index (χ0n) is 17.1. The Morgan fingerprint density at radius 1 is 1.17 bits per heavy atom. The topological polar surface area (TPSA) is 57.8 Å². The fourth-order valence-corrected chi connectivity index (χ4v) is 4.24. The summed E-state index contributed by atoms with van der Waals surface area (Å²) >= 11 is 0. The molecule has 162 valence electrons. The maximum absolute atomic E-state index is 15.0. The number of aromatic amines is 1. The molecule has 4 rings (SSSR count). The number of H-pyrrole nitrogens is 1. The summed E-state index contributed by atoms with van der Waals surface area (Å²) in [6.45, 7) is 3.00. The lowest BCUT2D eigenvalue weighted by molar-refractivity contribution is -0.0485. The molecule has 1 aromatic carbocycles. The van der Waals surface area contributed by atoms with Crippen molar-refractivity contribution in [1.29, 1.82) is 0 Å². The highest BCUT2D eigenvalue weighted by atomic mass is 19.3. The lowest BCUT2D eigenvalue weighted by Gasteiger charge is -2.42. The van der Waals surface area contributed by atoms with Crippen molar-refractivity contribution in [3.8, 4) is 5.75 Å². The quantitative estimate of drug-likeness (QED) is 0.807. The number of halogens is 2. The molecule has 3 heterocycles. The van der Waals surface area contributed by atoms with E-state index in [-0.39, 0.29) is 18.4 Å². The first-order chi connectivity index (χ1) is 14.5. The van der Waals surface area contributed by atoms with Gasteiger partial charge < -0.3 is 24.3 Å². The van der Waals surface area contributed by atoms with E-state index >= 15 is 8.78 Å². The number of piperidine rings is 1. The Hall–Kier alpha value is -2.61. The van der Waals surface area contributed by atoms with Crippen LogP contribution in [0.5, 0.6) is 5.75 Å². The van der Waals surface area contributed by atoms with Gasteiger partial charge in [0, 0.05) is 43.9 Å². The third kappa shape index (κ3) is 4.43. The normalized spacial score (nSPS) is 21.5. The first-order valence-corrected chi connectivity index (χ1v) is 10.3. The van der Waals surface area contributed by atoms with Crippen LogP contribution in [0.3, 0.4) is 0 Å². The molecule has 6 nitrogen and oxygen atoms in total. The van der Waals surface area contributed by atoms with Gasteiger partial charge in [0.1, 0.15) is 11.6 Å². The molecule has 8 heteroatoms. The number of hydrogen-bond acceptors (Lipinski definition) is 5. The standard InChI is InChI=1S/C22H27F2N3O3/c1-29-18-5-3-16(4-6-18)13-19-22(23,24)7-2-8-27(19)20-14-17(15-21(28)25-20)26-9-11-30-12-10-26/h3-6,14-15,19H,2,7-13H2,1H3,(H,25,28)/t19-/m1/s1. The zero-order chi connectivity index (χ0) is 21.1. The van der Waals surface area contributed by atoms with E-state index in [4.69, 9.17) is 9.47 Å². The van der Waals surface area contributed by atoms with E-state index in [0.717, 1.165) is 11.3 Å². The molecular weight excluding hydrogens is 392 g/mol. The lowest BCUT2D eigenvalue weighted by Crippen LogP contribution is -2.54. The highest BCUT2D eigenvalue weighted by Gasteiger charge is 2.46. The second-order valence-electron chi connectivity index (χ2n) is 7.81. The summed E-state index contributed by atoms with van der Waals surface area (Å²) in [5, 5.41) is 0. The number of alkyl halides is 2. The van der Waals surface area contributed by atoms with Gasteiger partial charge in [-0.25, -0.2) is 8.78 Å². The first-order valence-electron chi connectivity index (χ1n) is 10.3. The van der Waals surface area contributed by atoms with E-state index in [1.807, 2.05) is 18.2 Å². The number of hydrogen-bond donors (Lipinski definition) is 1. The Morgan fingerprint density at radius 2 is 1.90 bits per heavy atom. The minimum absolute atomic E-state index is 0.155. The van der Waals surface area contributed by atoms with Gasteiger partial charge in [-0.3, -0.25) is 4.79 Å². The molecule has 2 fully saturated rings. The third-order valence-electron chi connectivity index (χ3n) is 5.86. The summed E-state index contributed by atoms with van der Waals surface area (Å²) < 4.78 is 40.6. The number of nitrogens with one attached hydrogen (secondary N) is 1. The predicted molar refractivity (Wildman–Crippen MR) is 112 cm³/mol. The molecule has 2 aliphatic heterocycles. The van der Waals surface area contributed by atoms with Crippen LogP contribution in [-0.4, -0.2) is 56.9 Å². The Kier molecular flexibility index (Phi) is 5.94. The molecule has 1 atom stereocenters. The molecule has 0 bridgehead atoms. The summed E-state index contributed by atoms with van der Waals surface area (Å²) in [7, 11) is 1.57. The fourth-order valence-electron chi connectivity index (χ4n) is 4.24. The van der Waals surface area contributed by atoms with Crippen LogP contribution in [0.4, 0.5) is 20.3 Å². The van der Waals surface area contributed by atoms with Gasteiger partial charge in [-0.2, -0.15) is 0 Å². The highest BCUT2D eigenvalue weighted by molar-refractivity contribution is 5.56. The largest absolute Gasteiger partial charge is 0.497 e. The Bertz CT molecular complexity index is 911. The lowest BCUT2D eigenvalue weighted by atomic mass is 9.92. The number of morpholine rings is 1. The summed E-state index contributed by atoms with van der Waals surface area (Å²) in [6.07, 6.45) is 0.397. The van der Waals surface area contributed by atoms with E-state index in [9.17, 15) is 4.79 Å². The number of nitrogens with zero attached hydrogens (tertiary/aromatic N) is 2. The van der Waals surface area contributed by atoms with E-state index in [0.29, 0.717) is 50.8 Å². The van der Waals surface area contributed by atoms with E-state index < -0.39 is 12.0 Å². The van der Waals surface area contributed by atoms with Crippen molar-refractivity contribution in [3.05, 3.63) is 52.3 Å². The van der Waals surface area contributed by atoms with Crippen LogP contribution < -0.4 is 20.1 Å². The summed E-state index contributed by atoms with van der Waals surface area (Å²) in [5.41, 5.74) is 1.26. The van der Waals surface area contributed by atoms with Gasteiger partial charge in [-0.05, 0) is 30.5 Å². The van der Waals surface area contributed by atoms with Gasteiger partial charge in [-0.15, -0.1) is 0 Å². The number of methoxy groups -OCH3 is 1. The third-order valence-corrected chi connectivity index (χ3v) is 5.86. The molecule has 30 heavy (non-hydrogen) atoms. The molecule has 0 aliphatic carbocycles. The second-order valence-corrected chi connectivity index (χ2v) is 7.81. The van der Waals surface area contributed by atoms with E-state index in [1.165, 1.54) is 6.07 Å². The van der Waals surface area contributed by atoms with Crippen molar-refractivity contribution >= 4 is 11.5 Å². The molecule has 2 saturated heterocycles. The van der Waals surface area contributed by atoms with Crippen molar-refractivity contribution in [1.82, 2.24) is 4.98 Å². The number of anilines is 2. The van der Waals surface area contributed by atoms with E-state index in [1.54, 1.807) is 24.1 Å². The van der Waals surface area contributed by atoms with Crippen molar-refractivity contribution in [2.24, 2.45) is 0 Å². The molecule has 0 unspecified atom stereocenters. The van der Waals surface area contributed by atoms with Crippen LogP contribution in [0.25, 0.3) is 0 Å². The molecule has 0 amide bonds. The highest BCUT2D eigenvalue weighted by Crippen LogP contribution is 2.37. The Morgan fingerprint density at radius 3 is 2.60 bits per heavy atom. The van der Waals surface area contributed by atoms with Crippen molar-refractivity contribution < 1.29 is 18.3 Å². The second kappa shape index (κ2) is 8.63. The summed E-state index contributed by atoms with van der Waals surface area (Å²) in [4.78, 5) is 18.9. The molecule has 0 radical (unpaired) electrons. The van der Waals surface area contributed by atoms with Crippen LogP contribution in [0.15, 0.2) is 41.2 Å². The number of pyridine rings is 1. The molecular formula is C22H27F2N3O3. The first kappa shape index (κ1) is 20.7. The van der Waals surface area contributed by atoms with Crippen LogP contribution >= 0.6 is 0 Å². The van der Waals surface area contributed by atoms with Crippen LogP contribution in [0.1, 0.15) is 18.4 Å². The minimum atomic E-state index is -2.86. The molecule has 1 aromatic heterocycles. The maximum atomic E-state index is 15.0. The average Bonchev–Trinajstić information content (AvgIpc) is 2.75. The SMILES string of the molecule is COc1ccc(C[C@H]2N(c3cc(N4CCOCC4)cc(=O)[nH]3)CCCC2(F)F)cc1. The van der Waals surface area contributed by atoms with Gasteiger partial charge in [0.15, 0.2) is 0 Å². The van der Waals surface area contributed by atoms with Gasteiger partial charge in [0.2, 0.25) is 0 Å². The monoisotopic (exact) mass is 419 g/mol. The van der Waals surface area contributed by atoms with Crippen molar-refractivity contribution in [2.45, 2.75) is 31.2 Å². The Labute approximate surface area is 174 Å². The van der Waals surface area contributed by atoms with Gasteiger partial charge >= 0.3 is 0 Å². The van der Waals surface area contributed by atoms with Crippen molar-refractivity contribution in [3.63, 3.8) is 0 Å². The number of aromatic nitrogens is 1. The number of rotatable bonds is 5. The predicted octanol–water partition coefficient (Wildman–Crippen LogP) is 3.07. The van der Waals surface area contributed by atoms with Gasteiger partial charge in [-0.1, -0.05) is 12.1 Å². The van der Waals surface area contributed by atoms with Gasteiger partial charge in [0.25, 0.3) is 11.5 Å². The molecule has 2 aliphatic rings. The molecule has 0 saturated carbocycles. The smallest absolute Gasteiger partial charge is 0.268 e. The number of benzene rings is 1. The van der Waals surface area contributed by atoms with Crippen molar-refractivity contribution in [2.75, 3.05) is 49.8 Å². The average molecular weight is 419 g/mol. The van der Waals surface area contributed by atoms with Gasteiger partial charge in [0.05, 0.1) is 26.4 Å². The summed E-state index contributed by atoms with van der Waals surface area (Å²) in [5.74, 6) is -1.72. The molecule has 1 N–H and O–H groups in total. The number of ether oxygens (including phenoxy) is 2. The fraction of sp³-hybridized carbons (Fsp3) is 0.500. The zero-order valence-corrected chi connectivity index (χ0v) is 17.1. The maximum Gasteiger partial charge on any atom is 0.268 e. The van der Waals surface area contributed by atoms with Crippen LogP contribution in [0, 0.1) is 0 Å². The van der Waals surface area contributed by atoms with E-state index in [2.05, 4.69) is 9.88 Å². The summed E-state index contributed by atoms with van der Waals surface area (Å²) in [6, 6.07) is 9.49. The molecule has 0 spiro atoms. The minimum Gasteiger partial charge on any atom is -0.497 e. The molecule has 2 aromatic rings.